The van der Waals surface area contributed by atoms with Crippen molar-refractivity contribution in [1.29, 1.82) is 0 Å². The summed E-state index contributed by atoms with van der Waals surface area (Å²) in [7, 11) is 0. The van der Waals surface area contributed by atoms with Crippen LogP contribution in [0.15, 0.2) is 67.1 Å². The summed E-state index contributed by atoms with van der Waals surface area (Å²) < 4.78 is 2.17. The second-order valence-electron chi connectivity index (χ2n) is 8.36. The summed E-state index contributed by atoms with van der Waals surface area (Å²) >= 11 is 0. The summed E-state index contributed by atoms with van der Waals surface area (Å²) in [5.41, 5.74) is 6.90. The molecule has 1 aliphatic heterocycles. The number of imidazole rings is 1. The first kappa shape index (κ1) is 19.8. The van der Waals surface area contributed by atoms with Crippen LogP contribution in [0.5, 0.6) is 0 Å². The van der Waals surface area contributed by atoms with Gasteiger partial charge in [-0.3, -0.25) is 4.40 Å². The Bertz CT molecular complexity index is 1200. The average molecular weight is 412 g/mol. The van der Waals surface area contributed by atoms with Crippen LogP contribution in [-0.2, 0) is 6.54 Å². The van der Waals surface area contributed by atoms with Gasteiger partial charge < -0.3 is 10.2 Å². The lowest BCUT2D eigenvalue weighted by atomic mass is 10.0. The number of anilines is 1. The molecule has 5 nitrogen and oxygen atoms in total. The van der Waals surface area contributed by atoms with E-state index in [1.54, 1.807) is 0 Å². The van der Waals surface area contributed by atoms with Crippen molar-refractivity contribution in [1.82, 2.24) is 19.7 Å². The third kappa shape index (κ3) is 3.93. The number of rotatable bonds is 6. The van der Waals surface area contributed by atoms with Gasteiger partial charge >= 0.3 is 0 Å². The third-order valence-electron chi connectivity index (χ3n) is 6.24. The highest BCUT2D eigenvalue weighted by molar-refractivity contribution is 5.72. The van der Waals surface area contributed by atoms with Crippen molar-refractivity contribution in [2.24, 2.45) is 0 Å². The van der Waals surface area contributed by atoms with Gasteiger partial charge in [-0.15, -0.1) is 0 Å². The predicted molar refractivity (Wildman–Crippen MR) is 127 cm³/mol. The van der Waals surface area contributed by atoms with Gasteiger partial charge in [-0.1, -0.05) is 25.1 Å². The molecule has 5 heteroatoms. The van der Waals surface area contributed by atoms with E-state index in [0.717, 1.165) is 42.4 Å². The van der Waals surface area contributed by atoms with Crippen LogP contribution in [0.25, 0.3) is 28.0 Å². The summed E-state index contributed by atoms with van der Waals surface area (Å²) in [6.45, 7) is 7.36. The van der Waals surface area contributed by atoms with Crippen LogP contribution in [0, 0.1) is 0 Å². The third-order valence-corrected chi connectivity index (χ3v) is 6.24. The predicted octanol–water partition coefficient (Wildman–Crippen LogP) is 5.16. The lowest BCUT2D eigenvalue weighted by Gasteiger charge is -2.22. The summed E-state index contributed by atoms with van der Waals surface area (Å²) in [4.78, 5) is 11.8. The van der Waals surface area contributed by atoms with Crippen molar-refractivity contribution in [2.45, 2.75) is 39.3 Å². The van der Waals surface area contributed by atoms with Crippen molar-refractivity contribution in [3.63, 3.8) is 0 Å². The monoisotopic (exact) mass is 411 g/mol. The summed E-state index contributed by atoms with van der Waals surface area (Å²) in [6, 6.07) is 17.9. The molecular weight excluding hydrogens is 382 g/mol. The van der Waals surface area contributed by atoms with E-state index >= 15 is 0 Å². The van der Waals surface area contributed by atoms with E-state index in [0.29, 0.717) is 6.04 Å². The molecule has 0 bridgehead atoms. The molecule has 1 saturated heterocycles. The van der Waals surface area contributed by atoms with E-state index in [4.69, 9.17) is 4.98 Å². The molecule has 0 amide bonds. The van der Waals surface area contributed by atoms with Gasteiger partial charge in [-0.05, 0) is 73.3 Å². The summed E-state index contributed by atoms with van der Waals surface area (Å²) in [5.74, 6) is 1.06. The van der Waals surface area contributed by atoms with Crippen molar-refractivity contribution in [2.75, 3.05) is 18.0 Å². The van der Waals surface area contributed by atoms with Gasteiger partial charge in [0, 0.05) is 37.1 Å². The van der Waals surface area contributed by atoms with Crippen molar-refractivity contribution >= 4 is 11.5 Å². The SMILES string of the molecule is CCNCc1cccc(-c2ccn3c(-c4ccnc(N5CCCC5C)c4)cnc3c2)c1. The average Bonchev–Trinajstić information content (AvgIpc) is 3.43. The van der Waals surface area contributed by atoms with E-state index < -0.39 is 0 Å². The molecule has 1 unspecified atom stereocenters. The molecule has 1 fully saturated rings. The fourth-order valence-corrected chi connectivity index (χ4v) is 4.51. The fourth-order valence-electron chi connectivity index (χ4n) is 4.51. The summed E-state index contributed by atoms with van der Waals surface area (Å²) in [6.07, 6.45) is 8.48. The van der Waals surface area contributed by atoms with Crippen LogP contribution < -0.4 is 10.2 Å². The number of pyridine rings is 2. The molecule has 5 rings (SSSR count). The van der Waals surface area contributed by atoms with Crippen molar-refractivity contribution in [3.05, 3.63) is 72.7 Å². The van der Waals surface area contributed by atoms with Crippen molar-refractivity contribution in [3.8, 4) is 22.4 Å². The minimum atomic E-state index is 0.552. The number of nitrogens with one attached hydrogen (secondary N) is 1. The molecule has 0 saturated carbocycles. The highest BCUT2D eigenvalue weighted by atomic mass is 15.2. The topological polar surface area (TPSA) is 45.5 Å². The molecule has 1 atom stereocenters. The van der Waals surface area contributed by atoms with Gasteiger partial charge in [0.05, 0.1) is 11.9 Å². The largest absolute Gasteiger partial charge is 0.354 e. The van der Waals surface area contributed by atoms with E-state index in [1.165, 1.54) is 29.5 Å². The van der Waals surface area contributed by atoms with Crippen LogP contribution in [0.3, 0.4) is 0 Å². The number of nitrogens with zero attached hydrogens (tertiary/aromatic N) is 4. The van der Waals surface area contributed by atoms with Crippen LogP contribution in [-0.4, -0.2) is 33.5 Å². The highest BCUT2D eigenvalue weighted by Gasteiger charge is 2.22. The molecule has 0 aliphatic carbocycles. The van der Waals surface area contributed by atoms with Crippen LogP contribution in [0.4, 0.5) is 5.82 Å². The van der Waals surface area contributed by atoms with Gasteiger partial charge in [-0.25, -0.2) is 9.97 Å². The maximum Gasteiger partial charge on any atom is 0.137 e. The second kappa shape index (κ2) is 8.52. The number of fused-ring (bicyclic) bond motifs is 1. The lowest BCUT2D eigenvalue weighted by Crippen LogP contribution is -2.27. The molecule has 0 spiro atoms. The lowest BCUT2D eigenvalue weighted by molar-refractivity contribution is 0.727. The summed E-state index contributed by atoms with van der Waals surface area (Å²) in [5, 5.41) is 3.40. The van der Waals surface area contributed by atoms with E-state index in [-0.39, 0.29) is 0 Å². The Labute approximate surface area is 183 Å². The van der Waals surface area contributed by atoms with Gasteiger partial charge in [0.15, 0.2) is 0 Å². The highest BCUT2D eigenvalue weighted by Crippen LogP contribution is 2.29. The van der Waals surface area contributed by atoms with Crippen LogP contribution >= 0.6 is 0 Å². The molecular formula is C26H29N5. The first-order valence-corrected chi connectivity index (χ1v) is 11.2. The van der Waals surface area contributed by atoms with Gasteiger partial charge in [0.1, 0.15) is 11.5 Å². The van der Waals surface area contributed by atoms with E-state index in [2.05, 4.69) is 88.2 Å². The molecule has 0 radical (unpaired) electrons. The Hall–Kier alpha value is -3.18. The maximum atomic E-state index is 4.71. The Kier molecular flexibility index (Phi) is 5.43. The minimum Gasteiger partial charge on any atom is -0.354 e. The Morgan fingerprint density at radius 3 is 2.77 bits per heavy atom. The van der Waals surface area contributed by atoms with Crippen LogP contribution in [0.2, 0.25) is 0 Å². The first-order chi connectivity index (χ1) is 15.2. The Balaban J connectivity index is 1.47. The molecule has 31 heavy (non-hydrogen) atoms. The standard InChI is InChI=1S/C26H29N5/c1-3-27-17-20-7-4-8-21(14-20)22-10-13-31-24(18-29-26(31)15-22)23-9-11-28-25(16-23)30-12-5-6-19(30)2/h4,7-11,13-16,18-19,27H,3,5-6,12,17H2,1-2H3. The number of benzene rings is 1. The Morgan fingerprint density at radius 1 is 1.03 bits per heavy atom. The quantitative estimate of drug-likeness (QED) is 0.476. The molecule has 1 aliphatic rings. The molecule has 158 valence electrons. The van der Waals surface area contributed by atoms with Gasteiger partial charge in [0.2, 0.25) is 0 Å². The first-order valence-electron chi connectivity index (χ1n) is 11.2. The van der Waals surface area contributed by atoms with E-state index in [9.17, 15) is 0 Å². The minimum absolute atomic E-state index is 0.552. The normalized spacial score (nSPS) is 16.3. The van der Waals surface area contributed by atoms with Crippen molar-refractivity contribution < 1.29 is 0 Å². The maximum absolute atomic E-state index is 4.71. The smallest absolute Gasteiger partial charge is 0.137 e. The van der Waals surface area contributed by atoms with Gasteiger partial charge in [0.25, 0.3) is 0 Å². The zero-order chi connectivity index (χ0) is 21.2. The zero-order valence-electron chi connectivity index (χ0n) is 18.3. The second-order valence-corrected chi connectivity index (χ2v) is 8.36. The molecule has 4 heterocycles. The van der Waals surface area contributed by atoms with Crippen LogP contribution in [0.1, 0.15) is 32.3 Å². The number of hydrogen-bond acceptors (Lipinski definition) is 4. The molecule has 1 N–H and O–H groups in total. The zero-order valence-corrected chi connectivity index (χ0v) is 18.3. The number of hydrogen-bond donors (Lipinski definition) is 1. The molecule has 1 aromatic carbocycles. The van der Waals surface area contributed by atoms with E-state index in [1.807, 2.05) is 12.4 Å². The number of aromatic nitrogens is 3. The molecule has 4 aromatic rings. The Morgan fingerprint density at radius 2 is 1.94 bits per heavy atom. The fraction of sp³-hybridized carbons (Fsp3) is 0.308. The molecule has 3 aromatic heterocycles. The van der Waals surface area contributed by atoms with Gasteiger partial charge in [-0.2, -0.15) is 0 Å².